The summed E-state index contributed by atoms with van der Waals surface area (Å²) in [5, 5.41) is -0.636. The molecule has 0 saturated carbocycles. The lowest BCUT2D eigenvalue weighted by atomic mass is 10.0. The Kier molecular flexibility index (Phi) is 4.82. The summed E-state index contributed by atoms with van der Waals surface area (Å²) >= 11 is 17.2. The van der Waals surface area contributed by atoms with Crippen molar-refractivity contribution in [1.82, 2.24) is 4.98 Å². The topological polar surface area (TPSA) is 77.2 Å². The lowest BCUT2D eigenvalue weighted by Crippen LogP contribution is -2.07. The number of benzene rings is 1. The summed E-state index contributed by atoms with van der Waals surface area (Å²) in [7, 11) is 0. The van der Waals surface area contributed by atoms with Crippen LogP contribution in [0.4, 0.5) is 0 Å². The predicted molar refractivity (Wildman–Crippen MR) is 97.2 cm³/mol. The van der Waals surface area contributed by atoms with Crippen LogP contribution in [0.2, 0.25) is 5.02 Å². The first-order valence-corrected chi connectivity index (χ1v) is 8.46. The van der Waals surface area contributed by atoms with Crippen LogP contribution in [0.15, 0.2) is 27.4 Å². The third-order valence-electron chi connectivity index (χ3n) is 3.74. The highest BCUT2D eigenvalue weighted by Crippen LogP contribution is 2.32. The van der Waals surface area contributed by atoms with E-state index >= 15 is 0 Å². The van der Waals surface area contributed by atoms with Gasteiger partial charge in [-0.05, 0) is 41.8 Å². The highest BCUT2D eigenvalue weighted by Gasteiger charge is 2.19. The molecule has 0 bridgehead atoms. The quantitative estimate of drug-likeness (QED) is 0.470. The standard InChI is InChI=1S/C17H10Cl3NO4/c1-2-3-7-14-8(10(18)5-11(21-14)16(19)23)4-9-12(22)6-13(17(20)24)25-15(7)9/h4-6H,2-3H2,1H3. The molecule has 128 valence electrons. The average Bonchev–Trinajstić information content (AvgIpc) is 2.55. The first-order valence-electron chi connectivity index (χ1n) is 7.33. The van der Waals surface area contributed by atoms with Gasteiger partial charge in [0, 0.05) is 17.0 Å². The Morgan fingerprint density at radius 2 is 1.84 bits per heavy atom. The minimum Gasteiger partial charge on any atom is -0.451 e. The highest BCUT2D eigenvalue weighted by molar-refractivity contribution is 6.67. The van der Waals surface area contributed by atoms with Gasteiger partial charge < -0.3 is 4.42 Å². The number of halogens is 3. The molecule has 25 heavy (non-hydrogen) atoms. The van der Waals surface area contributed by atoms with E-state index in [0.29, 0.717) is 29.3 Å². The van der Waals surface area contributed by atoms with Gasteiger partial charge in [0.15, 0.2) is 11.2 Å². The van der Waals surface area contributed by atoms with E-state index in [-0.39, 0.29) is 27.4 Å². The van der Waals surface area contributed by atoms with Crippen LogP contribution in [0.25, 0.3) is 21.9 Å². The summed E-state index contributed by atoms with van der Waals surface area (Å²) in [5.74, 6) is -0.258. The van der Waals surface area contributed by atoms with Gasteiger partial charge in [-0.3, -0.25) is 14.4 Å². The lowest BCUT2D eigenvalue weighted by Gasteiger charge is -2.11. The molecule has 0 amide bonds. The monoisotopic (exact) mass is 397 g/mol. The van der Waals surface area contributed by atoms with Crippen molar-refractivity contribution in [2.24, 2.45) is 0 Å². The van der Waals surface area contributed by atoms with Crippen molar-refractivity contribution in [2.45, 2.75) is 19.8 Å². The largest absolute Gasteiger partial charge is 0.451 e. The van der Waals surface area contributed by atoms with Crippen molar-refractivity contribution in [3.05, 3.63) is 50.5 Å². The first kappa shape index (κ1) is 17.9. The Bertz CT molecular complexity index is 1100. The number of carbonyl (C=O) groups excluding carboxylic acids is 2. The fourth-order valence-corrected chi connectivity index (χ4v) is 3.12. The van der Waals surface area contributed by atoms with Gasteiger partial charge in [0.05, 0.1) is 15.9 Å². The van der Waals surface area contributed by atoms with Crippen molar-refractivity contribution in [3.8, 4) is 0 Å². The average molecular weight is 399 g/mol. The second kappa shape index (κ2) is 6.75. The maximum absolute atomic E-state index is 12.4. The van der Waals surface area contributed by atoms with Crippen LogP contribution in [-0.2, 0) is 6.42 Å². The Balaban J connectivity index is 2.55. The molecule has 2 heterocycles. The molecule has 5 nitrogen and oxygen atoms in total. The predicted octanol–water partition coefficient (Wildman–Crippen LogP) is 4.71. The van der Waals surface area contributed by atoms with E-state index < -0.39 is 15.9 Å². The van der Waals surface area contributed by atoms with Gasteiger partial charge >= 0.3 is 0 Å². The van der Waals surface area contributed by atoms with E-state index in [9.17, 15) is 14.4 Å². The maximum Gasteiger partial charge on any atom is 0.287 e. The van der Waals surface area contributed by atoms with Gasteiger partial charge in [0.1, 0.15) is 11.3 Å². The number of aromatic nitrogens is 1. The molecular weight excluding hydrogens is 389 g/mol. The maximum atomic E-state index is 12.4. The molecule has 3 aromatic rings. The number of fused-ring (bicyclic) bond motifs is 2. The molecule has 1 aromatic carbocycles. The fraction of sp³-hybridized carbons (Fsp3) is 0.176. The summed E-state index contributed by atoms with van der Waals surface area (Å²) in [6, 6.07) is 3.91. The molecule has 8 heteroatoms. The van der Waals surface area contributed by atoms with E-state index in [0.717, 1.165) is 6.07 Å². The zero-order valence-corrected chi connectivity index (χ0v) is 15.1. The van der Waals surface area contributed by atoms with Crippen molar-refractivity contribution >= 4 is 67.2 Å². The van der Waals surface area contributed by atoms with E-state index in [1.165, 1.54) is 12.1 Å². The number of aryl methyl sites for hydroxylation is 1. The number of pyridine rings is 1. The van der Waals surface area contributed by atoms with E-state index in [4.69, 9.17) is 39.2 Å². The Morgan fingerprint density at radius 3 is 2.44 bits per heavy atom. The third-order valence-corrected chi connectivity index (χ3v) is 4.43. The molecule has 2 aromatic heterocycles. The molecule has 0 unspecified atom stereocenters. The molecule has 0 aliphatic heterocycles. The summed E-state index contributed by atoms with van der Waals surface area (Å²) in [5.41, 5.74) is 0.733. The molecule has 0 N–H and O–H groups in total. The SMILES string of the molecule is CCCc1c2nc(C(=O)Cl)cc(Cl)c2cc2c(=O)cc(C(=O)Cl)oc12. The number of hydrogen-bond donors (Lipinski definition) is 0. The first-order chi connectivity index (χ1) is 11.8. The minimum atomic E-state index is -0.878. The van der Waals surface area contributed by atoms with Gasteiger partial charge in [-0.2, -0.15) is 0 Å². The number of hydrogen-bond acceptors (Lipinski definition) is 5. The molecule has 0 aliphatic carbocycles. The zero-order valence-electron chi connectivity index (χ0n) is 12.9. The summed E-state index contributed by atoms with van der Waals surface area (Å²) < 4.78 is 5.55. The molecule has 0 atom stereocenters. The number of rotatable bonds is 4. The molecular formula is C17H10Cl3NO4. The van der Waals surface area contributed by atoms with Crippen LogP contribution in [0.1, 0.15) is 40.0 Å². The van der Waals surface area contributed by atoms with E-state index in [1.807, 2.05) is 6.92 Å². The Morgan fingerprint density at radius 1 is 1.12 bits per heavy atom. The molecule has 0 spiro atoms. The second-order valence-corrected chi connectivity index (χ2v) is 6.48. The molecule has 3 rings (SSSR count). The van der Waals surface area contributed by atoms with Crippen LogP contribution in [0.5, 0.6) is 0 Å². The molecule has 0 fully saturated rings. The molecule has 0 radical (unpaired) electrons. The lowest BCUT2D eigenvalue weighted by molar-refractivity contribution is 0.105. The summed E-state index contributed by atoms with van der Waals surface area (Å²) in [6.45, 7) is 1.93. The zero-order chi connectivity index (χ0) is 18.3. The van der Waals surface area contributed by atoms with E-state index in [1.54, 1.807) is 0 Å². The Hall–Kier alpha value is -1.95. The minimum absolute atomic E-state index is 0.0113. The molecule has 0 saturated heterocycles. The highest BCUT2D eigenvalue weighted by atomic mass is 35.5. The summed E-state index contributed by atoms with van der Waals surface area (Å²) in [6.07, 6.45) is 1.19. The second-order valence-electron chi connectivity index (χ2n) is 5.39. The third kappa shape index (κ3) is 3.15. The normalized spacial score (nSPS) is 11.2. The van der Waals surface area contributed by atoms with Crippen molar-refractivity contribution in [2.75, 3.05) is 0 Å². The Labute approximate surface area is 156 Å². The van der Waals surface area contributed by atoms with Crippen LogP contribution >= 0.6 is 34.8 Å². The van der Waals surface area contributed by atoms with Crippen molar-refractivity contribution in [3.63, 3.8) is 0 Å². The van der Waals surface area contributed by atoms with Crippen LogP contribution in [0, 0.1) is 0 Å². The molecule has 0 aliphatic rings. The van der Waals surface area contributed by atoms with Crippen molar-refractivity contribution in [1.29, 1.82) is 0 Å². The fourth-order valence-electron chi connectivity index (χ4n) is 2.69. The van der Waals surface area contributed by atoms with E-state index in [2.05, 4.69) is 4.98 Å². The smallest absolute Gasteiger partial charge is 0.287 e. The van der Waals surface area contributed by atoms with Gasteiger partial charge in [0.2, 0.25) is 0 Å². The number of carbonyl (C=O) groups is 2. The van der Waals surface area contributed by atoms with Gasteiger partial charge in [-0.15, -0.1) is 0 Å². The van der Waals surface area contributed by atoms with Gasteiger partial charge in [-0.25, -0.2) is 4.98 Å². The van der Waals surface area contributed by atoms with Gasteiger partial charge in [0.25, 0.3) is 10.5 Å². The van der Waals surface area contributed by atoms with Crippen molar-refractivity contribution < 1.29 is 14.0 Å². The van der Waals surface area contributed by atoms with Crippen LogP contribution < -0.4 is 5.43 Å². The van der Waals surface area contributed by atoms with Gasteiger partial charge in [-0.1, -0.05) is 24.9 Å². The number of nitrogens with zero attached hydrogens (tertiary/aromatic N) is 1. The summed E-state index contributed by atoms with van der Waals surface area (Å²) in [4.78, 5) is 39.5. The van der Waals surface area contributed by atoms with Crippen LogP contribution in [-0.4, -0.2) is 15.5 Å². The van der Waals surface area contributed by atoms with Crippen LogP contribution in [0.3, 0.4) is 0 Å².